The number of rotatable bonds is 7. The van der Waals surface area contributed by atoms with Gasteiger partial charge in [0.25, 0.3) is 0 Å². The Bertz CT molecular complexity index is 413. The average Bonchev–Trinajstić information content (AvgIpc) is 2.92. The summed E-state index contributed by atoms with van der Waals surface area (Å²) < 4.78 is 6.63. The average molecular weight is 341 g/mol. The fourth-order valence-corrected chi connectivity index (χ4v) is 3.44. The molecule has 0 amide bonds. The van der Waals surface area contributed by atoms with E-state index >= 15 is 0 Å². The highest BCUT2D eigenvalue weighted by Gasteiger charge is 2.23. The van der Waals surface area contributed by atoms with Crippen molar-refractivity contribution >= 4 is 15.9 Å². The minimum absolute atomic E-state index is 0.414. The Morgan fingerprint density at radius 3 is 2.90 bits per heavy atom. The van der Waals surface area contributed by atoms with Crippen molar-refractivity contribution in [1.29, 1.82) is 0 Å². The first-order valence-corrected chi connectivity index (χ1v) is 8.26. The maximum atomic E-state index is 5.43. The van der Waals surface area contributed by atoms with E-state index in [9.17, 15) is 0 Å². The highest BCUT2D eigenvalue weighted by Crippen LogP contribution is 2.26. The molecule has 1 aromatic rings. The van der Waals surface area contributed by atoms with Crippen molar-refractivity contribution in [3.05, 3.63) is 34.3 Å². The number of halogens is 1. The fourth-order valence-electron chi connectivity index (χ4n) is 2.88. The summed E-state index contributed by atoms with van der Waals surface area (Å²) in [6, 6.07) is 8.93. The van der Waals surface area contributed by atoms with Gasteiger partial charge in [0, 0.05) is 37.3 Å². The molecule has 20 heavy (non-hydrogen) atoms. The molecule has 3 nitrogen and oxygen atoms in total. The summed E-state index contributed by atoms with van der Waals surface area (Å²) in [6.07, 6.45) is 2.72. The zero-order valence-corrected chi connectivity index (χ0v) is 14.0. The number of hydrogen-bond donors (Lipinski definition) is 1. The van der Waals surface area contributed by atoms with Crippen molar-refractivity contribution in [2.75, 3.05) is 33.3 Å². The maximum absolute atomic E-state index is 5.43. The number of hydrogen-bond acceptors (Lipinski definition) is 3. The first-order chi connectivity index (χ1) is 9.74. The van der Waals surface area contributed by atoms with Crippen LogP contribution in [-0.4, -0.2) is 44.3 Å². The molecule has 2 unspecified atom stereocenters. The molecule has 0 aliphatic carbocycles. The van der Waals surface area contributed by atoms with Crippen LogP contribution in [0.5, 0.6) is 0 Å². The van der Waals surface area contributed by atoms with E-state index in [1.54, 1.807) is 0 Å². The van der Waals surface area contributed by atoms with E-state index in [4.69, 9.17) is 4.74 Å². The summed E-state index contributed by atoms with van der Waals surface area (Å²) in [7, 11) is 1.82. The van der Waals surface area contributed by atoms with Crippen LogP contribution >= 0.6 is 15.9 Å². The third-order valence-corrected chi connectivity index (χ3v) is 4.75. The van der Waals surface area contributed by atoms with Gasteiger partial charge in [-0.15, -0.1) is 0 Å². The first kappa shape index (κ1) is 16.0. The summed E-state index contributed by atoms with van der Waals surface area (Å²) >= 11 is 3.67. The molecule has 1 aromatic carbocycles. The molecule has 0 radical (unpaired) electrons. The van der Waals surface area contributed by atoms with Gasteiger partial charge in [0.05, 0.1) is 6.10 Å². The quantitative estimate of drug-likeness (QED) is 0.824. The smallest absolute Gasteiger partial charge is 0.0710 e. The van der Waals surface area contributed by atoms with E-state index in [1.165, 1.54) is 10.0 Å². The van der Waals surface area contributed by atoms with Gasteiger partial charge in [-0.3, -0.25) is 0 Å². The molecule has 0 saturated carbocycles. The molecular formula is C16H25BrN2O. The summed E-state index contributed by atoms with van der Waals surface area (Å²) in [5, 5.41) is 3.60. The second-order valence-electron chi connectivity index (χ2n) is 5.37. The number of methoxy groups -OCH3 is 1. The van der Waals surface area contributed by atoms with E-state index in [1.807, 2.05) is 7.11 Å². The van der Waals surface area contributed by atoms with Gasteiger partial charge in [-0.05, 0) is 31.0 Å². The van der Waals surface area contributed by atoms with E-state index in [0.717, 1.165) is 39.0 Å². The second-order valence-corrected chi connectivity index (χ2v) is 6.22. The number of nitrogens with one attached hydrogen (secondary N) is 1. The van der Waals surface area contributed by atoms with Crippen molar-refractivity contribution in [1.82, 2.24) is 10.2 Å². The van der Waals surface area contributed by atoms with E-state index in [2.05, 4.69) is 57.3 Å². The standard InChI is InChI=1S/C16H25BrN2O/c1-3-18-16(14-6-4-5-7-15(14)17)9-11-19-10-8-13(12-19)20-2/h4-7,13,16,18H,3,8-12H2,1-2H3. The van der Waals surface area contributed by atoms with Crippen LogP contribution in [0.2, 0.25) is 0 Å². The molecule has 0 bridgehead atoms. The van der Waals surface area contributed by atoms with E-state index in [-0.39, 0.29) is 0 Å². The molecule has 1 saturated heterocycles. The zero-order valence-electron chi connectivity index (χ0n) is 12.4. The fraction of sp³-hybridized carbons (Fsp3) is 0.625. The summed E-state index contributed by atoms with van der Waals surface area (Å²) in [6.45, 7) is 6.52. The van der Waals surface area contributed by atoms with Crippen LogP contribution < -0.4 is 5.32 Å². The van der Waals surface area contributed by atoms with Crippen LogP contribution in [0.25, 0.3) is 0 Å². The Hall–Kier alpha value is -0.420. The molecule has 0 spiro atoms. The van der Waals surface area contributed by atoms with Crippen LogP contribution in [0.1, 0.15) is 31.4 Å². The molecule has 2 atom stereocenters. The third kappa shape index (κ3) is 4.29. The van der Waals surface area contributed by atoms with Crippen LogP contribution in [-0.2, 0) is 4.74 Å². The van der Waals surface area contributed by atoms with Crippen LogP contribution in [0.3, 0.4) is 0 Å². The highest BCUT2D eigenvalue weighted by molar-refractivity contribution is 9.10. The van der Waals surface area contributed by atoms with E-state index in [0.29, 0.717) is 12.1 Å². The lowest BCUT2D eigenvalue weighted by Gasteiger charge is -2.23. The molecule has 1 fully saturated rings. The normalized spacial score (nSPS) is 21.2. The Morgan fingerprint density at radius 2 is 2.25 bits per heavy atom. The third-order valence-electron chi connectivity index (χ3n) is 4.03. The number of benzene rings is 1. The molecule has 1 N–H and O–H groups in total. The van der Waals surface area contributed by atoms with Gasteiger partial charge < -0.3 is 15.0 Å². The predicted molar refractivity (Wildman–Crippen MR) is 87.0 cm³/mol. The van der Waals surface area contributed by atoms with Gasteiger partial charge in [-0.2, -0.15) is 0 Å². The van der Waals surface area contributed by atoms with Crippen molar-refractivity contribution in [3.8, 4) is 0 Å². The summed E-state index contributed by atoms with van der Waals surface area (Å²) in [4.78, 5) is 2.51. The number of likely N-dealkylation sites (tertiary alicyclic amines) is 1. The molecule has 1 aliphatic heterocycles. The summed E-state index contributed by atoms with van der Waals surface area (Å²) in [5.74, 6) is 0. The van der Waals surface area contributed by atoms with Crippen molar-refractivity contribution < 1.29 is 4.74 Å². The molecule has 4 heteroatoms. The Balaban J connectivity index is 1.92. The van der Waals surface area contributed by atoms with Crippen molar-refractivity contribution in [3.63, 3.8) is 0 Å². The van der Waals surface area contributed by atoms with Crippen LogP contribution in [0.15, 0.2) is 28.7 Å². The lowest BCUT2D eigenvalue weighted by Crippen LogP contribution is -2.29. The number of nitrogens with zero attached hydrogens (tertiary/aromatic N) is 1. The van der Waals surface area contributed by atoms with Gasteiger partial charge in [0.2, 0.25) is 0 Å². The second kappa shape index (κ2) is 8.13. The number of ether oxygens (including phenoxy) is 1. The van der Waals surface area contributed by atoms with Crippen LogP contribution in [0, 0.1) is 0 Å². The van der Waals surface area contributed by atoms with Gasteiger partial charge in [0.15, 0.2) is 0 Å². The summed E-state index contributed by atoms with van der Waals surface area (Å²) in [5.41, 5.74) is 1.36. The Morgan fingerprint density at radius 1 is 1.45 bits per heavy atom. The lowest BCUT2D eigenvalue weighted by molar-refractivity contribution is 0.107. The Labute approximate surface area is 130 Å². The maximum Gasteiger partial charge on any atom is 0.0710 e. The molecular weight excluding hydrogens is 316 g/mol. The molecule has 1 aliphatic rings. The molecule has 112 valence electrons. The van der Waals surface area contributed by atoms with E-state index < -0.39 is 0 Å². The topological polar surface area (TPSA) is 24.5 Å². The SMILES string of the molecule is CCNC(CCN1CCC(OC)C1)c1ccccc1Br. The molecule has 0 aromatic heterocycles. The monoisotopic (exact) mass is 340 g/mol. The van der Waals surface area contributed by atoms with Gasteiger partial charge in [-0.1, -0.05) is 41.1 Å². The van der Waals surface area contributed by atoms with Crippen LogP contribution in [0.4, 0.5) is 0 Å². The molecule has 1 heterocycles. The van der Waals surface area contributed by atoms with Crippen molar-refractivity contribution in [2.24, 2.45) is 0 Å². The minimum atomic E-state index is 0.414. The van der Waals surface area contributed by atoms with Gasteiger partial charge in [-0.25, -0.2) is 0 Å². The largest absolute Gasteiger partial charge is 0.380 e. The van der Waals surface area contributed by atoms with Crippen molar-refractivity contribution in [2.45, 2.75) is 31.9 Å². The zero-order chi connectivity index (χ0) is 14.4. The highest BCUT2D eigenvalue weighted by atomic mass is 79.9. The predicted octanol–water partition coefficient (Wildman–Crippen LogP) is 3.21. The van der Waals surface area contributed by atoms with Gasteiger partial charge >= 0.3 is 0 Å². The minimum Gasteiger partial charge on any atom is -0.380 e. The Kier molecular flexibility index (Phi) is 6.49. The molecule has 2 rings (SSSR count). The first-order valence-electron chi connectivity index (χ1n) is 7.47. The van der Waals surface area contributed by atoms with Gasteiger partial charge in [0.1, 0.15) is 0 Å². The lowest BCUT2D eigenvalue weighted by atomic mass is 10.0.